The Bertz CT molecular complexity index is 495. The lowest BCUT2D eigenvalue weighted by atomic mass is 10.0. The van der Waals surface area contributed by atoms with Gasteiger partial charge in [0.25, 0.3) is 0 Å². The van der Waals surface area contributed by atoms with Crippen molar-refractivity contribution in [3.05, 3.63) is 35.1 Å². The summed E-state index contributed by atoms with van der Waals surface area (Å²) in [6.07, 6.45) is 4.80. The molecule has 114 valence electrons. The second-order valence-corrected chi connectivity index (χ2v) is 5.78. The summed E-state index contributed by atoms with van der Waals surface area (Å²) in [5.74, 6) is -0.318. The van der Waals surface area contributed by atoms with E-state index in [1.54, 1.807) is 12.1 Å². The summed E-state index contributed by atoms with van der Waals surface area (Å²) in [6, 6.07) is 7.18. The SMILES string of the molecule is CCCNCC1CCCCN1Cc1cc(F)cc(C#N)c1. The number of rotatable bonds is 6. The highest BCUT2D eigenvalue weighted by molar-refractivity contribution is 5.33. The van der Waals surface area contributed by atoms with E-state index in [0.717, 1.165) is 38.2 Å². The minimum absolute atomic E-state index is 0.318. The smallest absolute Gasteiger partial charge is 0.124 e. The van der Waals surface area contributed by atoms with Crippen LogP contribution >= 0.6 is 0 Å². The van der Waals surface area contributed by atoms with Crippen LogP contribution in [0.2, 0.25) is 0 Å². The van der Waals surface area contributed by atoms with Crippen molar-refractivity contribution < 1.29 is 4.39 Å². The molecule has 0 amide bonds. The van der Waals surface area contributed by atoms with Crippen molar-refractivity contribution in [2.75, 3.05) is 19.6 Å². The third-order valence-electron chi connectivity index (χ3n) is 4.03. The molecular formula is C17H24FN3. The first kappa shape index (κ1) is 15.9. The molecule has 1 aliphatic heterocycles. The second-order valence-electron chi connectivity index (χ2n) is 5.78. The van der Waals surface area contributed by atoms with Gasteiger partial charge in [-0.05, 0) is 56.1 Å². The molecule has 0 saturated carbocycles. The average Bonchev–Trinajstić information content (AvgIpc) is 2.48. The van der Waals surface area contributed by atoms with E-state index >= 15 is 0 Å². The number of halogens is 1. The van der Waals surface area contributed by atoms with Gasteiger partial charge in [-0.2, -0.15) is 5.26 Å². The molecule has 1 aromatic carbocycles. The van der Waals surface area contributed by atoms with Crippen LogP contribution < -0.4 is 5.32 Å². The topological polar surface area (TPSA) is 39.1 Å². The van der Waals surface area contributed by atoms with Crippen LogP contribution in [0.5, 0.6) is 0 Å². The quantitative estimate of drug-likeness (QED) is 0.818. The van der Waals surface area contributed by atoms with Gasteiger partial charge in [-0.25, -0.2) is 4.39 Å². The molecule has 1 saturated heterocycles. The van der Waals surface area contributed by atoms with Gasteiger partial charge in [0.15, 0.2) is 0 Å². The molecule has 0 radical (unpaired) electrons. The Labute approximate surface area is 126 Å². The highest BCUT2D eigenvalue weighted by Crippen LogP contribution is 2.20. The molecule has 0 bridgehead atoms. The van der Waals surface area contributed by atoms with Crippen molar-refractivity contribution in [3.63, 3.8) is 0 Å². The standard InChI is InChI=1S/C17H24FN3/c1-2-6-20-12-17-5-3-4-7-21(17)13-15-8-14(11-19)9-16(18)10-15/h8-10,17,20H,2-7,12-13H2,1H3. The summed E-state index contributed by atoms with van der Waals surface area (Å²) in [7, 11) is 0. The van der Waals surface area contributed by atoms with Gasteiger partial charge in [-0.3, -0.25) is 4.90 Å². The number of likely N-dealkylation sites (tertiary alicyclic amines) is 1. The molecule has 1 atom stereocenters. The highest BCUT2D eigenvalue weighted by Gasteiger charge is 2.22. The monoisotopic (exact) mass is 289 g/mol. The van der Waals surface area contributed by atoms with E-state index < -0.39 is 0 Å². The predicted octanol–water partition coefficient (Wildman–Crippen LogP) is 3.05. The van der Waals surface area contributed by atoms with Gasteiger partial charge in [0.2, 0.25) is 0 Å². The first-order valence-electron chi connectivity index (χ1n) is 7.87. The van der Waals surface area contributed by atoms with Gasteiger partial charge in [0, 0.05) is 19.1 Å². The van der Waals surface area contributed by atoms with Gasteiger partial charge in [0.05, 0.1) is 11.6 Å². The summed E-state index contributed by atoms with van der Waals surface area (Å²) in [5.41, 5.74) is 1.30. The maximum Gasteiger partial charge on any atom is 0.124 e. The molecule has 3 nitrogen and oxygen atoms in total. The zero-order valence-electron chi connectivity index (χ0n) is 12.7. The van der Waals surface area contributed by atoms with E-state index in [4.69, 9.17) is 5.26 Å². The molecule has 4 heteroatoms. The Balaban J connectivity index is 2.01. The zero-order chi connectivity index (χ0) is 15.1. The van der Waals surface area contributed by atoms with E-state index in [9.17, 15) is 4.39 Å². The molecule has 0 aromatic heterocycles. The van der Waals surface area contributed by atoms with Gasteiger partial charge in [-0.1, -0.05) is 13.3 Å². The molecule has 0 aliphatic carbocycles. The Morgan fingerprint density at radius 2 is 2.24 bits per heavy atom. The molecule has 1 unspecified atom stereocenters. The van der Waals surface area contributed by atoms with Crippen LogP contribution in [0.15, 0.2) is 18.2 Å². The number of hydrogen-bond acceptors (Lipinski definition) is 3. The zero-order valence-corrected chi connectivity index (χ0v) is 12.7. The van der Waals surface area contributed by atoms with Crippen molar-refractivity contribution in [1.82, 2.24) is 10.2 Å². The van der Waals surface area contributed by atoms with Crippen molar-refractivity contribution in [2.24, 2.45) is 0 Å². The lowest BCUT2D eigenvalue weighted by molar-refractivity contribution is 0.137. The van der Waals surface area contributed by atoms with Gasteiger partial charge >= 0.3 is 0 Å². The Kier molecular flexibility index (Phi) is 6.16. The average molecular weight is 289 g/mol. The summed E-state index contributed by atoms with van der Waals surface area (Å²) in [6.45, 7) is 5.99. The first-order chi connectivity index (χ1) is 10.2. The van der Waals surface area contributed by atoms with Crippen LogP contribution in [-0.4, -0.2) is 30.6 Å². The van der Waals surface area contributed by atoms with E-state index in [-0.39, 0.29) is 5.82 Å². The largest absolute Gasteiger partial charge is 0.315 e. The summed E-state index contributed by atoms with van der Waals surface area (Å²) in [5, 5.41) is 12.4. The van der Waals surface area contributed by atoms with E-state index in [1.165, 1.54) is 25.3 Å². The number of benzene rings is 1. The van der Waals surface area contributed by atoms with Crippen molar-refractivity contribution >= 4 is 0 Å². The van der Waals surface area contributed by atoms with E-state index in [2.05, 4.69) is 17.1 Å². The van der Waals surface area contributed by atoms with E-state index in [1.807, 2.05) is 6.07 Å². The summed E-state index contributed by atoms with van der Waals surface area (Å²) < 4.78 is 13.5. The van der Waals surface area contributed by atoms with Crippen molar-refractivity contribution in [1.29, 1.82) is 5.26 Å². The molecule has 2 rings (SSSR count). The molecule has 1 fully saturated rings. The number of nitrogens with one attached hydrogen (secondary N) is 1. The van der Waals surface area contributed by atoms with Gasteiger partial charge in [-0.15, -0.1) is 0 Å². The fourth-order valence-electron chi connectivity index (χ4n) is 2.99. The highest BCUT2D eigenvalue weighted by atomic mass is 19.1. The predicted molar refractivity (Wildman–Crippen MR) is 82.3 cm³/mol. The number of hydrogen-bond donors (Lipinski definition) is 1. The molecular weight excluding hydrogens is 265 g/mol. The Morgan fingerprint density at radius 3 is 3.00 bits per heavy atom. The molecule has 1 aliphatic rings. The van der Waals surface area contributed by atoms with Crippen molar-refractivity contribution in [2.45, 2.75) is 45.2 Å². The third kappa shape index (κ3) is 4.80. The molecule has 0 spiro atoms. The minimum Gasteiger partial charge on any atom is -0.315 e. The molecule has 1 N–H and O–H groups in total. The molecule has 21 heavy (non-hydrogen) atoms. The lowest BCUT2D eigenvalue weighted by Gasteiger charge is -2.36. The van der Waals surface area contributed by atoms with Crippen molar-refractivity contribution in [3.8, 4) is 6.07 Å². The Hall–Kier alpha value is -1.44. The maximum absolute atomic E-state index is 13.5. The van der Waals surface area contributed by atoms with E-state index in [0.29, 0.717) is 11.6 Å². The fourth-order valence-corrected chi connectivity index (χ4v) is 2.99. The van der Waals surface area contributed by atoms with Crippen LogP contribution in [-0.2, 0) is 6.54 Å². The number of piperidine rings is 1. The lowest BCUT2D eigenvalue weighted by Crippen LogP contribution is -2.45. The summed E-state index contributed by atoms with van der Waals surface area (Å²) in [4.78, 5) is 2.42. The number of nitrogens with zero attached hydrogens (tertiary/aromatic N) is 2. The fraction of sp³-hybridized carbons (Fsp3) is 0.588. The van der Waals surface area contributed by atoms with Crippen LogP contribution in [0.3, 0.4) is 0 Å². The van der Waals surface area contributed by atoms with Crippen LogP contribution in [0, 0.1) is 17.1 Å². The molecule has 1 aromatic rings. The summed E-state index contributed by atoms with van der Waals surface area (Å²) >= 11 is 0. The number of nitriles is 1. The minimum atomic E-state index is -0.318. The maximum atomic E-state index is 13.5. The third-order valence-corrected chi connectivity index (χ3v) is 4.03. The first-order valence-corrected chi connectivity index (χ1v) is 7.87. The van der Waals surface area contributed by atoms with Gasteiger partial charge in [0.1, 0.15) is 5.82 Å². The second kappa shape index (κ2) is 8.11. The van der Waals surface area contributed by atoms with Gasteiger partial charge < -0.3 is 5.32 Å². The normalized spacial score (nSPS) is 19.4. The van der Waals surface area contributed by atoms with Crippen LogP contribution in [0.25, 0.3) is 0 Å². The Morgan fingerprint density at radius 1 is 1.38 bits per heavy atom. The van der Waals surface area contributed by atoms with Crippen LogP contribution in [0.4, 0.5) is 4.39 Å². The van der Waals surface area contributed by atoms with Crippen LogP contribution in [0.1, 0.15) is 43.7 Å². The molecule has 1 heterocycles.